The van der Waals surface area contributed by atoms with Crippen LogP contribution >= 0.6 is 0 Å². The van der Waals surface area contributed by atoms with Crippen LogP contribution in [0.4, 0.5) is 0 Å². The van der Waals surface area contributed by atoms with Crippen molar-refractivity contribution in [3.8, 4) is 0 Å². The van der Waals surface area contributed by atoms with Gasteiger partial charge >= 0.3 is 5.97 Å². The summed E-state index contributed by atoms with van der Waals surface area (Å²) in [5.41, 5.74) is 1.30. The third kappa shape index (κ3) is 16.0. The van der Waals surface area contributed by atoms with Crippen LogP contribution in [-0.2, 0) is 52.4 Å². The molecule has 0 aromatic heterocycles. The van der Waals surface area contributed by atoms with Gasteiger partial charge in [0.25, 0.3) is 11.7 Å². The fourth-order valence-electron chi connectivity index (χ4n) is 11.2. The maximum atomic E-state index is 14.5. The zero-order valence-electron chi connectivity index (χ0n) is 44.1. The van der Waals surface area contributed by atoms with Gasteiger partial charge in [0.05, 0.1) is 31.0 Å². The summed E-state index contributed by atoms with van der Waals surface area (Å²) in [4.78, 5) is 72.6. The van der Waals surface area contributed by atoms with E-state index in [0.717, 1.165) is 24.8 Å². The van der Waals surface area contributed by atoms with Gasteiger partial charge in [0.2, 0.25) is 5.79 Å². The van der Waals surface area contributed by atoms with Crippen LogP contribution in [0.15, 0.2) is 47.6 Å². The molecule has 0 spiro atoms. The number of allylic oxidation sites excluding steroid dienone is 6. The molecule has 15 heteroatoms. The smallest absolute Gasteiger partial charge is 0.329 e. The van der Waals surface area contributed by atoms with Gasteiger partial charge in [-0.05, 0) is 126 Å². The van der Waals surface area contributed by atoms with Crippen LogP contribution in [0.25, 0.3) is 0 Å². The topological polar surface area (TPSA) is 205 Å². The van der Waals surface area contributed by atoms with E-state index in [0.29, 0.717) is 89.1 Å². The first-order valence-electron chi connectivity index (χ1n) is 26.6. The molecule has 5 rings (SSSR count). The molecule has 4 fully saturated rings. The number of ketones is 3. The fraction of sp³-hybridized carbons (Fsp3) is 0.768. The maximum Gasteiger partial charge on any atom is 0.329 e. The summed E-state index contributed by atoms with van der Waals surface area (Å²) in [6.45, 7) is 14.7. The number of esters is 1. The minimum Gasteiger partial charge on any atom is -0.460 e. The summed E-state index contributed by atoms with van der Waals surface area (Å²) in [5, 5.41) is 34.2. The summed E-state index contributed by atoms with van der Waals surface area (Å²) in [6.07, 6.45) is 13.0. The van der Waals surface area contributed by atoms with Crippen molar-refractivity contribution in [2.75, 3.05) is 40.6 Å². The predicted molar refractivity (Wildman–Crippen MR) is 268 cm³/mol. The van der Waals surface area contributed by atoms with Gasteiger partial charge in [-0.1, -0.05) is 71.1 Å². The Balaban J connectivity index is 1.48. The molecule has 400 valence electrons. The number of ether oxygens (including phenoxy) is 6. The zero-order chi connectivity index (χ0) is 52.0. The minimum absolute atomic E-state index is 0.00897. The highest BCUT2D eigenvalue weighted by Gasteiger charge is 2.53. The molecule has 0 radical (unpaired) electrons. The number of fused-ring (bicyclic) bond motifs is 3. The molecule has 0 aromatic carbocycles. The van der Waals surface area contributed by atoms with E-state index < -0.39 is 83.9 Å². The molecule has 3 N–H and O–H groups in total. The van der Waals surface area contributed by atoms with Gasteiger partial charge in [0.1, 0.15) is 30.1 Å². The molecule has 0 unspecified atom stereocenters. The molecule has 1 amide bonds. The van der Waals surface area contributed by atoms with Crippen LogP contribution in [-0.4, -0.2) is 145 Å². The van der Waals surface area contributed by atoms with E-state index >= 15 is 0 Å². The minimum atomic E-state index is -2.45. The largest absolute Gasteiger partial charge is 0.460 e. The molecule has 0 aromatic rings. The van der Waals surface area contributed by atoms with Gasteiger partial charge in [-0.15, -0.1) is 0 Å². The number of hydrogen-bond acceptors (Lipinski definition) is 14. The average molecular weight is 998 g/mol. The van der Waals surface area contributed by atoms with Crippen molar-refractivity contribution in [2.45, 2.75) is 193 Å². The van der Waals surface area contributed by atoms with Crippen LogP contribution in [0.2, 0.25) is 0 Å². The molecule has 4 heterocycles. The highest BCUT2D eigenvalue weighted by atomic mass is 16.6. The number of aliphatic hydroxyl groups is 3. The van der Waals surface area contributed by atoms with Crippen molar-refractivity contribution in [3.63, 3.8) is 0 Å². The summed E-state index contributed by atoms with van der Waals surface area (Å²) < 4.78 is 36.0. The Labute approximate surface area is 423 Å². The quantitative estimate of drug-likeness (QED) is 0.128. The number of Topliss-reactive ketones (excluding diaryl/α,β-unsaturated/α-hetero) is 3. The molecule has 5 aliphatic rings. The lowest BCUT2D eigenvalue weighted by Gasteiger charge is -2.43. The zero-order valence-corrected chi connectivity index (χ0v) is 44.1. The number of hydrogen-bond donors (Lipinski definition) is 3. The summed E-state index contributed by atoms with van der Waals surface area (Å²) in [5.74, 6) is -7.70. The van der Waals surface area contributed by atoms with E-state index in [4.69, 9.17) is 28.4 Å². The van der Waals surface area contributed by atoms with Crippen LogP contribution in [0.5, 0.6) is 0 Å². The second-order valence-corrected chi connectivity index (χ2v) is 21.7. The average Bonchev–Trinajstić information content (AvgIpc) is 3.35. The Bertz CT molecular complexity index is 1910. The molecule has 2 bridgehead atoms. The Kier molecular flexibility index (Phi) is 22.9. The Morgan fingerprint density at radius 1 is 0.831 bits per heavy atom. The molecule has 3 saturated heterocycles. The number of carbonyl (C=O) groups excluding carboxylic acids is 5. The fourth-order valence-corrected chi connectivity index (χ4v) is 11.2. The number of rotatable bonds is 8. The summed E-state index contributed by atoms with van der Waals surface area (Å²) in [6, 6.07) is -1.15. The van der Waals surface area contributed by atoms with E-state index in [1.165, 1.54) is 12.0 Å². The standard InChI is InChI=1S/C56H87NO14/c1-34-15-11-10-12-16-35(2)47(69-33-41-22-25-68-26-23-41)31-43-20-18-40(7)56(65,71-43)53(62)54(63)57-24-14-13-17-44(57)55(64)70-48(37(4)29-42-19-21-45(58)49(30-42)66-8)32-46(59)36(3)28-39(6)51(61)52(67-9)50(60)38(5)27-34/h10-12,15-16,28,34,36-38,40-45,47-49,51-52,58,61,65H,13-14,17-27,29-33H2,1-9H3/t34-,36-,37-,38-,40-,42+,43+,44+,45-,47+,48+,49-,51-,52+,56-/m1/s1. The highest BCUT2D eigenvalue weighted by molar-refractivity contribution is 6.39. The Morgan fingerprint density at radius 2 is 1.56 bits per heavy atom. The number of nitrogens with zero attached hydrogens (tertiary/aromatic N) is 1. The van der Waals surface area contributed by atoms with Crippen LogP contribution in [0, 0.1) is 41.4 Å². The SMILES string of the molecule is CO[C@@H]1C[C@H](C[C@@H](C)[C@@H]2CC(=O)[C@H](C)C=C(C)[C@@H](O)[C@@H](OC)C(=O)[C@H](C)C[C@H](C)C=CC=CC=C(C)[C@@H](OCC3CCOCC3)C[C@@H]3CC[C@@H](C)[C@@](O)(O3)C(=O)C(=O)N3CCCC[C@H]3C(=O)O2)CC[C@H]1O. The summed E-state index contributed by atoms with van der Waals surface area (Å²) in [7, 11) is 2.95. The van der Waals surface area contributed by atoms with E-state index in [-0.39, 0.29) is 54.8 Å². The molecule has 15 atom stereocenters. The molecular weight excluding hydrogens is 911 g/mol. The van der Waals surface area contributed by atoms with Crippen LogP contribution < -0.4 is 0 Å². The van der Waals surface area contributed by atoms with E-state index in [1.807, 2.05) is 58.1 Å². The third-order valence-electron chi connectivity index (χ3n) is 16.1. The lowest BCUT2D eigenvalue weighted by Crippen LogP contribution is -2.61. The number of cyclic esters (lactones) is 1. The number of piperidine rings is 1. The Morgan fingerprint density at radius 3 is 2.27 bits per heavy atom. The van der Waals surface area contributed by atoms with Crippen molar-refractivity contribution in [2.24, 2.45) is 41.4 Å². The number of methoxy groups -OCH3 is 2. The lowest BCUT2D eigenvalue weighted by atomic mass is 9.78. The molecule has 15 nitrogen and oxygen atoms in total. The van der Waals surface area contributed by atoms with Crippen molar-refractivity contribution < 1.29 is 67.7 Å². The first-order valence-corrected chi connectivity index (χ1v) is 26.6. The van der Waals surface area contributed by atoms with Gasteiger partial charge in [0.15, 0.2) is 5.78 Å². The number of aliphatic hydroxyl groups excluding tert-OH is 2. The van der Waals surface area contributed by atoms with Gasteiger partial charge in [0, 0.05) is 64.6 Å². The normalized spacial score (nSPS) is 37.2. The highest BCUT2D eigenvalue weighted by Crippen LogP contribution is 2.38. The van der Waals surface area contributed by atoms with Crippen molar-refractivity contribution in [1.82, 2.24) is 4.90 Å². The van der Waals surface area contributed by atoms with Crippen molar-refractivity contribution >= 4 is 29.2 Å². The molecule has 1 aliphatic carbocycles. The molecular formula is C56H87NO14. The van der Waals surface area contributed by atoms with Gasteiger partial charge < -0.3 is 48.6 Å². The van der Waals surface area contributed by atoms with Crippen molar-refractivity contribution in [3.05, 3.63) is 47.6 Å². The second kappa shape index (κ2) is 27.8. The number of carbonyl (C=O) groups is 5. The first-order chi connectivity index (χ1) is 33.8. The Hall–Kier alpha value is -3.41. The van der Waals surface area contributed by atoms with Gasteiger partial charge in [-0.25, -0.2) is 4.79 Å². The van der Waals surface area contributed by atoms with Gasteiger partial charge in [-0.3, -0.25) is 19.2 Å². The third-order valence-corrected chi connectivity index (χ3v) is 16.1. The molecule has 1 saturated carbocycles. The van der Waals surface area contributed by atoms with E-state index in [1.54, 1.807) is 34.0 Å². The number of amides is 1. The van der Waals surface area contributed by atoms with E-state index in [2.05, 4.69) is 0 Å². The lowest BCUT2D eigenvalue weighted by molar-refractivity contribution is -0.266. The first kappa shape index (κ1) is 58.5. The second-order valence-electron chi connectivity index (χ2n) is 21.7. The maximum absolute atomic E-state index is 14.5. The van der Waals surface area contributed by atoms with Crippen LogP contribution in [0.1, 0.15) is 138 Å². The molecule has 71 heavy (non-hydrogen) atoms. The van der Waals surface area contributed by atoms with E-state index in [9.17, 15) is 39.3 Å². The predicted octanol–water partition coefficient (Wildman–Crippen LogP) is 6.98. The van der Waals surface area contributed by atoms with Gasteiger partial charge in [-0.2, -0.15) is 0 Å². The summed E-state index contributed by atoms with van der Waals surface area (Å²) >= 11 is 0. The van der Waals surface area contributed by atoms with Crippen LogP contribution in [0.3, 0.4) is 0 Å². The monoisotopic (exact) mass is 998 g/mol. The van der Waals surface area contributed by atoms with Crippen molar-refractivity contribution in [1.29, 1.82) is 0 Å². The molecule has 4 aliphatic heterocycles.